The summed E-state index contributed by atoms with van der Waals surface area (Å²) in [6, 6.07) is 13.1. The van der Waals surface area contributed by atoms with E-state index in [-0.39, 0.29) is 50.4 Å². The van der Waals surface area contributed by atoms with Gasteiger partial charge in [0.25, 0.3) is 17.9 Å². The van der Waals surface area contributed by atoms with Crippen molar-refractivity contribution in [2.24, 2.45) is 0 Å². The molecule has 63 heavy (non-hydrogen) atoms. The number of fused-ring (bicyclic) bond motifs is 2. The van der Waals surface area contributed by atoms with Crippen LogP contribution >= 0.6 is 11.6 Å². The van der Waals surface area contributed by atoms with Gasteiger partial charge in [0.1, 0.15) is 35.4 Å². The molecule has 1 fully saturated rings. The molecular weight excluding hydrogens is 878 g/mol. The molecule has 20 heteroatoms. The Morgan fingerprint density at radius 1 is 0.968 bits per heavy atom. The highest BCUT2D eigenvalue weighted by Gasteiger charge is 2.43. The van der Waals surface area contributed by atoms with Gasteiger partial charge in [0, 0.05) is 25.0 Å². The van der Waals surface area contributed by atoms with E-state index in [0.29, 0.717) is 37.1 Å². The number of carbonyl (C=O) groups is 1. The average Bonchev–Trinajstić information content (AvgIpc) is 3.98. The van der Waals surface area contributed by atoms with E-state index in [4.69, 9.17) is 21.1 Å². The van der Waals surface area contributed by atoms with Crippen molar-refractivity contribution in [2.45, 2.75) is 89.3 Å². The van der Waals surface area contributed by atoms with E-state index >= 15 is 0 Å². The van der Waals surface area contributed by atoms with Gasteiger partial charge in [0.2, 0.25) is 10.0 Å². The van der Waals surface area contributed by atoms with Gasteiger partial charge < -0.3 is 14.8 Å². The van der Waals surface area contributed by atoms with Crippen LogP contribution in [-0.4, -0.2) is 58.2 Å². The fraction of sp³-hybridized carbons (Fsp3) is 0.349. The van der Waals surface area contributed by atoms with Crippen molar-refractivity contribution < 1.29 is 49.0 Å². The molecule has 12 nitrogen and oxygen atoms in total. The summed E-state index contributed by atoms with van der Waals surface area (Å²) in [5.74, 6) is -5.64. The number of benzene rings is 4. The topological polar surface area (TPSA) is 138 Å². The molecule has 1 saturated carbocycles. The molecule has 0 radical (unpaired) electrons. The van der Waals surface area contributed by atoms with E-state index in [9.17, 15) is 44.3 Å². The zero-order chi connectivity index (χ0) is 45.8. The molecule has 1 aliphatic carbocycles. The summed E-state index contributed by atoms with van der Waals surface area (Å²) in [5.41, 5.74) is -2.94. The van der Waals surface area contributed by atoms with Crippen LogP contribution < -0.4 is 19.9 Å². The van der Waals surface area contributed by atoms with Gasteiger partial charge in [-0.2, -0.15) is 5.10 Å². The summed E-state index contributed by atoms with van der Waals surface area (Å²) in [5, 5.41) is 5.67. The van der Waals surface area contributed by atoms with Crippen molar-refractivity contribution in [3.8, 4) is 11.4 Å². The Bertz CT molecular complexity index is 2880. The number of aromatic nitrogens is 4. The zero-order valence-corrected chi connectivity index (χ0v) is 36.0. The minimum atomic E-state index is -4.23. The fourth-order valence-electron chi connectivity index (χ4n) is 7.15. The normalized spacial score (nSPS) is 14.0. The van der Waals surface area contributed by atoms with Gasteiger partial charge in [0.05, 0.1) is 57.5 Å². The van der Waals surface area contributed by atoms with Gasteiger partial charge in [-0.15, -0.1) is 0 Å². The number of halogens is 7. The lowest BCUT2D eigenvalue weighted by molar-refractivity contribution is 0.0175. The standard InChI is InChI=1S/C43H41ClF6N6O6S/c1-42(2,3)62-41(58)52-33(18-24-16-26(45)20-27(46)17-24)38-51-32-19-25(43(4,49)50)8-13-30(32)40(57)56(38)34-15-14-31(44)36-37(34)54(22-35(47)48)53-39(36)55(63(59,60)29-11-12-29)21-23-6-9-28(61-5)10-7-23/h6-10,13-17,19-20,29,33,35H,11-12,18,21-22H2,1-5H3,(H,52,58)/t33-/m0/s1. The number of carbonyl (C=O) groups excluding carboxylic acids is 1. The maximum atomic E-state index is 15.0. The summed E-state index contributed by atoms with van der Waals surface area (Å²) in [4.78, 5) is 33.1. The molecule has 1 N–H and O–H groups in total. The van der Waals surface area contributed by atoms with Crippen LogP contribution in [0.1, 0.15) is 69.1 Å². The van der Waals surface area contributed by atoms with Crippen molar-refractivity contribution in [1.29, 1.82) is 0 Å². The second kappa shape index (κ2) is 17.0. The molecule has 0 saturated heterocycles. The van der Waals surface area contributed by atoms with Crippen molar-refractivity contribution in [2.75, 3.05) is 11.4 Å². The number of methoxy groups -OCH3 is 1. The van der Waals surface area contributed by atoms with E-state index in [1.165, 1.54) is 19.2 Å². The van der Waals surface area contributed by atoms with E-state index in [0.717, 1.165) is 43.9 Å². The third-order valence-electron chi connectivity index (χ3n) is 10.1. The Morgan fingerprint density at radius 2 is 1.63 bits per heavy atom. The highest BCUT2D eigenvalue weighted by Crippen LogP contribution is 2.42. The van der Waals surface area contributed by atoms with Gasteiger partial charge in [0.15, 0.2) is 5.82 Å². The summed E-state index contributed by atoms with van der Waals surface area (Å²) < 4.78 is 130. The number of ether oxygens (including phenoxy) is 2. The van der Waals surface area contributed by atoms with Crippen LogP contribution in [0.4, 0.5) is 37.0 Å². The molecule has 0 unspecified atom stereocenters. The average molecular weight is 919 g/mol. The first-order chi connectivity index (χ1) is 29.5. The number of alkyl carbamates (subject to hydrolysis) is 1. The quantitative estimate of drug-likeness (QED) is 0.107. The second-order valence-corrected chi connectivity index (χ2v) is 18.7. The Labute approximate surface area is 362 Å². The minimum absolute atomic E-state index is 0.0472. The van der Waals surface area contributed by atoms with Crippen molar-refractivity contribution in [3.05, 3.63) is 122 Å². The van der Waals surface area contributed by atoms with E-state index in [2.05, 4.69) is 15.4 Å². The maximum absolute atomic E-state index is 15.0. The van der Waals surface area contributed by atoms with Crippen molar-refractivity contribution in [3.63, 3.8) is 0 Å². The van der Waals surface area contributed by atoms with E-state index < -0.39 is 86.9 Å². The van der Waals surface area contributed by atoms with Crippen LogP contribution in [0.25, 0.3) is 27.5 Å². The summed E-state index contributed by atoms with van der Waals surface area (Å²) in [6.45, 7) is 3.87. The number of hydrogen-bond donors (Lipinski definition) is 1. The van der Waals surface area contributed by atoms with Crippen LogP contribution in [0.2, 0.25) is 5.02 Å². The number of hydrogen-bond acceptors (Lipinski definition) is 8. The number of amides is 1. The predicted octanol–water partition coefficient (Wildman–Crippen LogP) is 9.36. The molecule has 4 aromatic carbocycles. The fourth-order valence-corrected chi connectivity index (χ4v) is 9.18. The van der Waals surface area contributed by atoms with E-state index in [1.807, 2.05) is 0 Å². The number of alkyl halides is 4. The Morgan fingerprint density at radius 3 is 2.22 bits per heavy atom. The number of sulfonamides is 1. The molecular formula is C43H41ClF6N6O6S. The van der Waals surface area contributed by atoms with Gasteiger partial charge in [-0.05, 0) is 93.3 Å². The van der Waals surface area contributed by atoms with Crippen LogP contribution in [0.3, 0.4) is 0 Å². The van der Waals surface area contributed by atoms with Gasteiger partial charge >= 0.3 is 6.09 Å². The number of anilines is 1. The number of nitrogens with zero attached hydrogens (tertiary/aromatic N) is 5. The van der Waals surface area contributed by atoms with E-state index in [1.54, 1.807) is 45.0 Å². The first-order valence-corrected chi connectivity index (χ1v) is 21.4. The third-order valence-corrected chi connectivity index (χ3v) is 12.6. The Hall–Kier alpha value is -5.82. The summed E-state index contributed by atoms with van der Waals surface area (Å²) in [6.07, 6.45) is -4.00. The van der Waals surface area contributed by atoms with Crippen LogP contribution in [0.5, 0.6) is 5.75 Å². The maximum Gasteiger partial charge on any atom is 0.408 e. The first kappa shape index (κ1) is 45.2. The molecule has 7 rings (SSSR count). The molecule has 2 heterocycles. The molecule has 0 spiro atoms. The van der Waals surface area contributed by atoms with Crippen LogP contribution in [0, 0.1) is 11.6 Å². The SMILES string of the molecule is COc1ccc(CN(c2nn(CC(F)F)c3c(-n4c([C@H](Cc5cc(F)cc(F)c5)NC(=O)OC(C)(C)C)nc5cc(C(C)(F)F)ccc5c4=O)ccc(Cl)c23)S(=O)(=O)C2CC2)cc1. The second-order valence-electron chi connectivity index (χ2n) is 16.2. The van der Waals surface area contributed by atoms with Gasteiger partial charge in [-0.3, -0.25) is 14.0 Å². The van der Waals surface area contributed by atoms with Crippen molar-refractivity contribution in [1.82, 2.24) is 24.6 Å². The minimum Gasteiger partial charge on any atom is -0.497 e. The summed E-state index contributed by atoms with van der Waals surface area (Å²) in [7, 11) is -2.77. The molecule has 2 aromatic heterocycles. The molecule has 1 atom stereocenters. The predicted molar refractivity (Wildman–Crippen MR) is 225 cm³/mol. The highest BCUT2D eigenvalue weighted by molar-refractivity contribution is 7.93. The van der Waals surface area contributed by atoms with Crippen molar-refractivity contribution >= 4 is 55.3 Å². The van der Waals surface area contributed by atoms with Crippen LogP contribution in [-0.2, 0) is 40.2 Å². The molecule has 0 bridgehead atoms. The van der Waals surface area contributed by atoms with Crippen LogP contribution in [0.15, 0.2) is 77.6 Å². The lowest BCUT2D eigenvalue weighted by atomic mass is 10.0. The monoisotopic (exact) mass is 918 g/mol. The van der Waals surface area contributed by atoms with Gasteiger partial charge in [-0.1, -0.05) is 29.8 Å². The first-order valence-electron chi connectivity index (χ1n) is 19.6. The Kier molecular flexibility index (Phi) is 12.2. The number of nitrogens with one attached hydrogen (secondary N) is 1. The lowest BCUT2D eigenvalue weighted by Crippen LogP contribution is -2.39. The van der Waals surface area contributed by atoms with Gasteiger partial charge in [-0.25, -0.2) is 48.8 Å². The molecule has 6 aromatic rings. The molecule has 0 aliphatic heterocycles. The largest absolute Gasteiger partial charge is 0.497 e. The molecule has 334 valence electrons. The highest BCUT2D eigenvalue weighted by atomic mass is 35.5. The number of rotatable bonds is 14. The molecule has 1 aliphatic rings. The third kappa shape index (κ3) is 9.73. The summed E-state index contributed by atoms with van der Waals surface area (Å²) >= 11 is 6.87. The Balaban J connectivity index is 1.55. The molecule has 1 amide bonds. The zero-order valence-electron chi connectivity index (χ0n) is 34.4. The smallest absolute Gasteiger partial charge is 0.408 e. The lowest BCUT2D eigenvalue weighted by Gasteiger charge is -2.26.